The highest BCUT2D eigenvalue weighted by Crippen LogP contribution is 2.31. The lowest BCUT2D eigenvalue weighted by Crippen LogP contribution is -2.19. The second kappa shape index (κ2) is 19.1. The van der Waals surface area contributed by atoms with Crippen molar-refractivity contribution in [1.29, 1.82) is 0 Å². The molecule has 0 aliphatic heterocycles. The number of phenolic OH excluding ortho intramolecular Hbond substituents is 1. The fraction of sp³-hybridized carbons (Fsp3) is 0.448. The molecule has 0 radical (unpaired) electrons. The van der Waals surface area contributed by atoms with Gasteiger partial charge in [0.15, 0.2) is 5.13 Å². The van der Waals surface area contributed by atoms with Crippen LogP contribution in [0.15, 0.2) is 42.5 Å². The van der Waals surface area contributed by atoms with E-state index in [1.165, 1.54) is 11.3 Å². The van der Waals surface area contributed by atoms with Crippen LogP contribution in [0.25, 0.3) is 0 Å². The summed E-state index contributed by atoms with van der Waals surface area (Å²) in [5.41, 5.74) is 8.09. The van der Waals surface area contributed by atoms with Crippen LogP contribution < -0.4 is 15.8 Å². The number of ether oxygens (including phenoxy) is 1. The Morgan fingerprint density at radius 1 is 1.05 bits per heavy atom. The van der Waals surface area contributed by atoms with Crippen molar-refractivity contribution in [2.45, 2.75) is 61.3 Å². The Morgan fingerprint density at radius 3 is 2.24 bits per heavy atom. The van der Waals surface area contributed by atoms with Gasteiger partial charge >= 0.3 is 0 Å². The standard InChI is InChI=1S/C23H28N4O3S.3C2H6/c1-4-5-15-14-16(6-11-19(15)28)20(29)21-22(24)26-23(31-21)25-17-7-9-18(10-8-17)30-13-12-27(2)3;3*1-2/h6-11,14,28H,4-5,12-13,24H2,1-3H3,(H,25,26);3*1-2H3. The van der Waals surface area contributed by atoms with Gasteiger partial charge in [0.1, 0.15) is 28.8 Å². The Balaban J connectivity index is 0.00000201. The highest BCUT2D eigenvalue weighted by Gasteiger charge is 2.19. The largest absolute Gasteiger partial charge is 0.508 e. The number of benzene rings is 2. The quantitative estimate of drug-likeness (QED) is 0.235. The molecule has 0 bridgehead atoms. The lowest BCUT2D eigenvalue weighted by Gasteiger charge is -2.11. The lowest BCUT2D eigenvalue weighted by molar-refractivity contribution is 0.104. The summed E-state index contributed by atoms with van der Waals surface area (Å²) in [6, 6.07) is 12.4. The van der Waals surface area contributed by atoms with Gasteiger partial charge in [0.05, 0.1) is 0 Å². The van der Waals surface area contributed by atoms with Gasteiger partial charge in [-0.1, -0.05) is 66.2 Å². The Bertz CT molecular complexity index is 1030. The van der Waals surface area contributed by atoms with Crippen LogP contribution in [0.1, 0.15) is 75.7 Å². The average Bonchev–Trinajstić information content (AvgIpc) is 3.29. The van der Waals surface area contributed by atoms with Crippen molar-refractivity contribution in [1.82, 2.24) is 9.88 Å². The number of nitrogens with two attached hydrogens (primary N) is 1. The molecule has 0 spiro atoms. The van der Waals surface area contributed by atoms with Crippen molar-refractivity contribution in [3.63, 3.8) is 0 Å². The topological polar surface area (TPSA) is 101 Å². The van der Waals surface area contributed by atoms with Crippen LogP contribution in [-0.2, 0) is 6.42 Å². The third-order valence-corrected chi connectivity index (χ3v) is 5.62. The summed E-state index contributed by atoms with van der Waals surface area (Å²) >= 11 is 1.21. The Hall–Kier alpha value is -3.10. The number of carbonyl (C=O) groups excluding carboxylic acids is 1. The summed E-state index contributed by atoms with van der Waals surface area (Å²) in [4.78, 5) is 19.7. The van der Waals surface area contributed by atoms with Crippen LogP contribution in [0, 0.1) is 0 Å². The zero-order valence-electron chi connectivity index (χ0n) is 24.0. The van der Waals surface area contributed by atoms with E-state index in [0.29, 0.717) is 28.6 Å². The number of thiazole rings is 1. The van der Waals surface area contributed by atoms with Crippen LogP contribution in [0.2, 0.25) is 0 Å². The number of likely N-dealkylation sites (N-methyl/N-ethyl adjacent to an activating group) is 1. The molecule has 4 N–H and O–H groups in total. The molecule has 8 heteroatoms. The minimum atomic E-state index is -0.204. The molecule has 3 aromatic rings. The molecule has 0 aliphatic carbocycles. The van der Waals surface area contributed by atoms with Crippen molar-refractivity contribution < 1.29 is 14.6 Å². The first kappa shape index (κ1) is 33.9. The zero-order valence-corrected chi connectivity index (χ0v) is 24.8. The molecule has 0 amide bonds. The first-order chi connectivity index (χ1) is 17.9. The van der Waals surface area contributed by atoms with Gasteiger partial charge in [0, 0.05) is 17.8 Å². The molecule has 1 heterocycles. The first-order valence-electron chi connectivity index (χ1n) is 13.1. The number of nitrogens with zero attached hydrogens (tertiary/aromatic N) is 2. The third-order valence-electron chi connectivity index (χ3n) is 4.63. The van der Waals surface area contributed by atoms with Gasteiger partial charge in [0.25, 0.3) is 0 Å². The average molecular weight is 531 g/mol. The number of ketones is 1. The van der Waals surface area contributed by atoms with E-state index in [1.54, 1.807) is 18.2 Å². The molecule has 0 aliphatic rings. The van der Waals surface area contributed by atoms with Crippen molar-refractivity contribution in [2.75, 3.05) is 38.3 Å². The van der Waals surface area contributed by atoms with Crippen molar-refractivity contribution in [3.8, 4) is 11.5 Å². The van der Waals surface area contributed by atoms with Gasteiger partial charge in [-0.15, -0.1) is 0 Å². The molecule has 206 valence electrons. The second-order valence-electron chi connectivity index (χ2n) is 7.46. The summed E-state index contributed by atoms with van der Waals surface area (Å²) in [6.45, 7) is 15.5. The normalized spacial score (nSPS) is 9.68. The molecule has 7 nitrogen and oxygen atoms in total. The molecule has 0 saturated carbocycles. The monoisotopic (exact) mass is 530 g/mol. The summed E-state index contributed by atoms with van der Waals surface area (Å²) in [5.74, 6) is 0.973. The SMILES string of the molecule is CC.CC.CC.CCCc1cc(C(=O)c2sc(Nc3ccc(OCCN(C)C)cc3)nc2N)ccc1O. The maximum atomic E-state index is 13.0. The minimum absolute atomic E-state index is 0.186. The van der Waals surface area contributed by atoms with E-state index in [4.69, 9.17) is 10.5 Å². The van der Waals surface area contributed by atoms with Crippen LogP contribution in [0.5, 0.6) is 11.5 Å². The fourth-order valence-electron chi connectivity index (χ4n) is 2.98. The van der Waals surface area contributed by atoms with E-state index in [-0.39, 0.29) is 17.4 Å². The van der Waals surface area contributed by atoms with Gasteiger partial charge in [-0.2, -0.15) is 0 Å². The van der Waals surface area contributed by atoms with E-state index in [2.05, 4.69) is 15.2 Å². The number of hydrogen-bond acceptors (Lipinski definition) is 8. The number of carbonyl (C=O) groups is 1. The Kier molecular flexibility index (Phi) is 17.5. The predicted molar refractivity (Wildman–Crippen MR) is 160 cm³/mol. The Labute approximate surface area is 227 Å². The Morgan fingerprint density at radius 2 is 1.68 bits per heavy atom. The summed E-state index contributed by atoms with van der Waals surface area (Å²) in [5, 5.41) is 13.7. The fourth-order valence-corrected chi connectivity index (χ4v) is 3.85. The van der Waals surface area contributed by atoms with E-state index in [9.17, 15) is 9.90 Å². The molecule has 0 unspecified atom stereocenters. The molecule has 0 atom stereocenters. The van der Waals surface area contributed by atoms with Crippen molar-refractivity contribution >= 4 is 33.8 Å². The molecule has 0 saturated heterocycles. The van der Waals surface area contributed by atoms with Crippen molar-refractivity contribution in [2.24, 2.45) is 0 Å². The number of aromatic nitrogens is 1. The predicted octanol–water partition coefficient (Wildman–Crippen LogP) is 7.38. The van der Waals surface area contributed by atoms with E-state index < -0.39 is 0 Å². The molecule has 1 aromatic heterocycles. The number of aromatic hydroxyl groups is 1. The van der Waals surface area contributed by atoms with Crippen molar-refractivity contribution in [3.05, 3.63) is 58.5 Å². The molecule has 3 rings (SSSR count). The number of rotatable bonds is 10. The molecule has 0 fully saturated rings. The number of nitrogens with one attached hydrogen (secondary N) is 1. The number of aryl methyl sites for hydroxylation is 1. The highest BCUT2D eigenvalue weighted by atomic mass is 32.1. The van der Waals surface area contributed by atoms with Crippen LogP contribution in [0.4, 0.5) is 16.6 Å². The van der Waals surface area contributed by atoms with Gasteiger partial charge in [-0.3, -0.25) is 4.79 Å². The number of anilines is 3. The number of hydrogen-bond donors (Lipinski definition) is 3. The van der Waals surface area contributed by atoms with E-state index >= 15 is 0 Å². The van der Waals surface area contributed by atoms with Gasteiger partial charge in [0.2, 0.25) is 5.78 Å². The van der Waals surface area contributed by atoms with Gasteiger partial charge in [-0.25, -0.2) is 4.98 Å². The molecule has 37 heavy (non-hydrogen) atoms. The lowest BCUT2D eigenvalue weighted by atomic mass is 10.0. The smallest absolute Gasteiger partial charge is 0.206 e. The number of nitrogen functional groups attached to an aromatic ring is 1. The molecular weight excluding hydrogens is 484 g/mol. The zero-order chi connectivity index (χ0) is 28.4. The summed E-state index contributed by atoms with van der Waals surface area (Å²) in [7, 11) is 4.00. The van der Waals surface area contributed by atoms with Crippen LogP contribution in [-0.4, -0.2) is 48.0 Å². The minimum Gasteiger partial charge on any atom is -0.508 e. The van der Waals surface area contributed by atoms with Crippen LogP contribution >= 0.6 is 11.3 Å². The highest BCUT2D eigenvalue weighted by molar-refractivity contribution is 7.18. The van der Waals surface area contributed by atoms with Crippen LogP contribution in [0.3, 0.4) is 0 Å². The van der Waals surface area contributed by atoms with E-state index in [0.717, 1.165) is 30.0 Å². The molecule has 2 aromatic carbocycles. The molecular formula is C29H46N4O3S. The summed E-state index contributed by atoms with van der Waals surface area (Å²) < 4.78 is 5.70. The second-order valence-corrected chi connectivity index (χ2v) is 8.46. The van der Waals surface area contributed by atoms with Gasteiger partial charge in [-0.05, 0) is 68.5 Å². The third kappa shape index (κ3) is 11.2. The summed E-state index contributed by atoms with van der Waals surface area (Å²) in [6.07, 6.45) is 1.58. The maximum Gasteiger partial charge on any atom is 0.206 e. The maximum absolute atomic E-state index is 13.0. The first-order valence-corrected chi connectivity index (χ1v) is 14.0. The van der Waals surface area contributed by atoms with E-state index in [1.807, 2.05) is 86.8 Å². The number of phenols is 1. The van der Waals surface area contributed by atoms with Gasteiger partial charge < -0.3 is 25.8 Å².